The third kappa shape index (κ3) is 4.46. The Labute approximate surface area is 248 Å². The average Bonchev–Trinajstić information content (AvgIpc) is 3.68. The number of ketones is 1. The first-order chi connectivity index (χ1) is 18.5. The number of thiophene rings is 1. The van der Waals surface area contributed by atoms with Gasteiger partial charge in [0, 0.05) is 72.6 Å². The van der Waals surface area contributed by atoms with Crippen molar-refractivity contribution in [3.63, 3.8) is 0 Å². The molecule has 2 aliphatic rings. The molecule has 39 heavy (non-hydrogen) atoms. The van der Waals surface area contributed by atoms with Crippen LogP contribution in [0.1, 0.15) is 45.0 Å². The summed E-state index contributed by atoms with van der Waals surface area (Å²) in [6.45, 7) is 2.97. The molecule has 0 bridgehead atoms. The monoisotopic (exact) mass is 549 g/mol. The predicted molar refractivity (Wildman–Crippen MR) is 144 cm³/mol. The smallest absolute Gasteiger partial charge is 0.264 e. The molecule has 5 aromatic rings. The van der Waals surface area contributed by atoms with Crippen LogP contribution in [0.15, 0.2) is 48.7 Å². The number of nitrogens with zero attached hydrogens (tertiary/aromatic N) is 7. The number of ether oxygens (including phenoxy) is 1. The number of nitrogens with one attached hydrogen (secondary N) is 1. The molecule has 6 heterocycles. The van der Waals surface area contributed by atoms with Crippen molar-refractivity contribution in [2.24, 2.45) is 0 Å². The van der Waals surface area contributed by atoms with Crippen LogP contribution in [-0.2, 0) is 0 Å². The molecule has 0 unspecified atom stereocenters. The number of carbonyl (C=O) groups excluding carboxylic acids is 2. The fraction of sp³-hybridized carbons (Fsp3) is 0.269. The van der Waals surface area contributed by atoms with E-state index in [0.29, 0.717) is 47.9 Å². The first kappa shape index (κ1) is 25.8. The van der Waals surface area contributed by atoms with Crippen molar-refractivity contribution in [2.75, 3.05) is 13.1 Å². The molecule has 0 atom stereocenters. The van der Waals surface area contributed by atoms with E-state index in [1.54, 1.807) is 23.0 Å². The Morgan fingerprint density at radius 3 is 2.74 bits per heavy atom. The molecule has 1 aromatic carbocycles. The number of Topliss-reactive ketones (excluding diaryl/α,β-unsaturated/α-hetero) is 1. The van der Waals surface area contributed by atoms with Gasteiger partial charge in [-0.3, -0.25) is 9.59 Å². The summed E-state index contributed by atoms with van der Waals surface area (Å²) in [4.78, 5) is 34.4. The van der Waals surface area contributed by atoms with Gasteiger partial charge in [0.15, 0.2) is 17.4 Å². The molecule has 2 aliphatic heterocycles. The number of amides is 1. The Morgan fingerprint density at radius 2 is 2.00 bits per heavy atom. The largest absolute Gasteiger partial charge is 0.486 e. The molecule has 191 valence electrons. The van der Waals surface area contributed by atoms with Gasteiger partial charge in [-0.05, 0) is 53.7 Å². The molecule has 0 aliphatic carbocycles. The summed E-state index contributed by atoms with van der Waals surface area (Å²) in [5, 5.41) is 19.4. The number of benzene rings is 1. The van der Waals surface area contributed by atoms with E-state index in [2.05, 4.69) is 30.7 Å². The van der Waals surface area contributed by atoms with E-state index in [1.807, 2.05) is 42.2 Å². The minimum atomic E-state index is -0.605. The van der Waals surface area contributed by atoms with Crippen molar-refractivity contribution in [1.82, 2.24) is 40.3 Å². The summed E-state index contributed by atoms with van der Waals surface area (Å²) in [5.41, 5.74) is 1.51. The summed E-state index contributed by atoms with van der Waals surface area (Å²) >= 11 is 1.43. The summed E-state index contributed by atoms with van der Waals surface area (Å²) in [6, 6.07) is 13.0. The number of hydrogen-bond acceptors (Lipinski definition) is 9. The number of likely N-dealkylation sites (tertiary alicyclic amines) is 1. The first-order valence-electron chi connectivity index (χ1n) is 12.3. The van der Waals surface area contributed by atoms with Gasteiger partial charge in [-0.25, -0.2) is 14.8 Å². The fourth-order valence-corrected chi connectivity index (χ4v) is 6.40. The normalized spacial score (nSPS) is 16.1. The van der Waals surface area contributed by atoms with Crippen molar-refractivity contribution >= 4 is 62.8 Å². The van der Waals surface area contributed by atoms with Crippen LogP contribution < -0.4 is 4.74 Å². The SMILES string of the molecule is Cc1nn(-c2ccccn2)c2sc(C(=O)N3CCC4(CC3)CC(=O)c3cc(-c5nnn[nH]5)ccc3O4)cc12.[Na]. The Hall–Kier alpha value is -3.45. The second kappa shape index (κ2) is 9.94. The van der Waals surface area contributed by atoms with Crippen molar-refractivity contribution in [2.45, 2.75) is 31.8 Å². The third-order valence-corrected chi connectivity index (χ3v) is 8.39. The molecule has 1 N–H and O–H groups in total. The van der Waals surface area contributed by atoms with Gasteiger partial charge in [0.25, 0.3) is 5.91 Å². The van der Waals surface area contributed by atoms with Crippen molar-refractivity contribution in [1.29, 1.82) is 0 Å². The van der Waals surface area contributed by atoms with Crippen molar-refractivity contribution in [3.8, 4) is 23.0 Å². The second-order valence-corrected chi connectivity index (χ2v) is 10.7. The van der Waals surface area contributed by atoms with Crippen LogP contribution in [0.2, 0.25) is 0 Å². The quantitative estimate of drug-likeness (QED) is 0.340. The van der Waals surface area contributed by atoms with Gasteiger partial charge in [0.1, 0.15) is 16.2 Å². The van der Waals surface area contributed by atoms with Crippen LogP contribution in [0.5, 0.6) is 5.75 Å². The Bertz CT molecular complexity index is 1690. The summed E-state index contributed by atoms with van der Waals surface area (Å²) < 4.78 is 8.21. The minimum absolute atomic E-state index is 0. The second-order valence-electron chi connectivity index (χ2n) is 9.65. The zero-order chi connectivity index (χ0) is 25.9. The molecule has 1 spiro atoms. The molecule has 13 heteroatoms. The molecule has 1 saturated heterocycles. The number of carbonyl (C=O) groups is 2. The van der Waals surface area contributed by atoms with E-state index in [0.717, 1.165) is 27.3 Å². The standard InChI is InChI=1S/C26H22N8O3S.Na/c1-15-17-13-21(38-25(17)34(30-15)22-4-2-3-9-27-22)24(36)33-10-7-26(8-11-33)14-19(35)18-12-16(5-6-20(18)37-26)23-28-31-32-29-23;/h2-6,9,12-13H,7-8,10-11,14H2,1H3,(H,28,29,31,32);. The number of fused-ring (bicyclic) bond motifs is 2. The molecule has 0 saturated carbocycles. The molecule has 1 radical (unpaired) electrons. The molecule has 1 amide bonds. The molecule has 1 fully saturated rings. The van der Waals surface area contributed by atoms with Crippen LogP contribution in [0.3, 0.4) is 0 Å². The van der Waals surface area contributed by atoms with E-state index in [1.165, 1.54) is 11.3 Å². The molecular formula is C26H22N8NaO3S. The van der Waals surface area contributed by atoms with Gasteiger partial charge >= 0.3 is 0 Å². The molecular weight excluding hydrogens is 527 g/mol. The summed E-state index contributed by atoms with van der Waals surface area (Å²) in [5.74, 6) is 1.80. The summed E-state index contributed by atoms with van der Waals surface area (Å²) in [7, 11) is 0. The number of pyridine rings is 1. The summed E-state index contributed by atoms with van der Waals surface area (Å²) in [6.07, 6.45) is 3.18. The average molecular weight is 550 g/mol. The van der Waals surface area contributed by atoms with E-state index in [9.17, 15) is 9.59 Å². The number of piperidine rings is 1. The van der Waals surface area contributed by atoms with E-state index in [-0.39, 0.29) is 47.7 Å². The van der Waals surface area contributed by atoms with E-state index >= 15 is 0 Å². The van der Waals surface area contributed by atoms with E-state index < -0.39 is 5.60 Å². The van der Waals surface area contributed by atoms with Crippen LogP contribution in [0.25, 0.3) is 27.4 Å². The maximum Gasteiger partial charge on any atom is 0.264 e. The number of rotatable bonds is 3. The van der Waals surface area contributed by atoms with Gasteiger partial charge in [-0.2, -0.15) is 5.10 Å². The first-order valence-corrected chi connectivity index (χ1v) is 13.1. The number of aromatic amines is 1. The minimum Gasteiger partial charge on any atom is -0.486 e. The predicted octanol–water partition coefficient (Wildman–Crippen LogP) is 3.23. The fourth-order valence-electron chi connectivity index (χ4n) is 5.26. The van der Waals surface area contributed by atoms with Crippen molar-refractivity contribution in [3.05, 3.63) is 64.8 Å². The molecule has 11 nitrogen and oxygen atoms in total. The molecule has 7 rings (SSSR count). The maximum atomic E-state index is 13.5. The van der Waals surface area contributed by atoms with Gasteiger partial charge < -0.3 is 9.64 Å². The van der Waals surface area contributed by atoms with Crippen LogP contribution in [0, 0.1) is 6.92 Å². The number of H-pyrrole nitrogens is 1. The zero-order valence-corrected chi connectivity index (χ0v) is 24.2. The number of hydrogen-bond donors (Lipinski definition) is 1. The van der Waals surface area contributed by atoms with Gasteiger partial charge in [-0.1, -0.05) is 6.07 Å². The Kier molecular flexibility index (Phi) is 6.58. The van der Waals surface area contributed by atoms with E-state index in [4.69, 9.17) is 4.74 Å². The number of aryl methyl sites for hydroxylation is 1. The van der Waals surface area contributed by atoms with Crippen LogP contribution >= 0.6 is 11.3 Å². The number of tetrazole rings is 1. The van der Waals surface area contributed by atoms with Gasteiger partial charge in [0.2, 0.25) is 0 Å². The van der Waals surface area contributed by atoms with Crippen LogP contribution in [-0.4, -0.2) is 100 Å². The Balaban J connectivity index is 0.00000277. The zero-order valence-electron chi connectivity index (χ0n) is 21.4. The van der Waals surface area contributed by atoms with Gasteiger partial charge in [0.05, 0.1) is 22.6 Å². The topological polar surface area (TPSA) is 132 Å². The molecule has 4 aromatic heterocycles. The number of aromatic nitrogens is 7. The Morgan fingerprint density at radius 1 is 1.15 bits per heavy atom. The van der Waals surface area contributed by atoms with Crippen LogP contribution in [0.4, 0.5) is 0 Å². The van der Waals surface area contributed by atoms with Crippen molar-refractivity contribution < 1.29 is 14.3 Å². The maximum absolute atomic E-state index is 13.5. The third-order valence-electron chi connectivity index (χ3n) is 7.29. The van der Waals surface area contributed by atoms with Gasteiger partial charge in [-0.15, -0.1) is 16.4 Å².